The molecule has 0 aliphatic heterocycles. The lowest BCUT2D eigenvalue weighted by molar-refractivity contribution is -0.121. The van der Waals surface area contributed by atoms with E-state index in [0.717, 1.165) is 12.8 Å². The molecule has 6 heteroatoms. The molecule has 0 aromatic carbocycles. The Labute approximate surface area is 116 Å². The van der Waals surface area contributed by atoms with Gasteiger partial charge in [-0.2, -0.15) is 0 Å². The van der Waals surface area contributed by atoms with Crippen molar-refractivity contribution in [1.29, 1.82) is 0 Å². The van der Waals surface area contributed by atoms with Gasteiger partial charge >= 0.3 is 0 Å². The van der Waals surface area contributed by atoms with Gasteiger partial charge in [-0.25, -0.2) is 0 Å². The topological polar surface area (TPSA) is 71.1 Å². The van der Waals surface area contributed by atoms with Crippen LogP contribution in [-0.2, 0) is 4.79 Å². The number of pyridine rings is 1. The number of hydrogen-bond acceptors (Lipinski definition) is 3. The average Bonchev–Trinajstić information content (AvgIpc) is 3.19. The van der Waals surface area contributed by atoms with Crippen LogP contribution < -0.4 is 10.6 Å². The lowest BCUT2D eigenvalue weighted by atomic mass is 10.2. The molecular formula is C13H16ClN3O2. The van der Waals surface area contributed by atoms with Gasteiger partial charge in [0.05, 0.1) is 10.6 Å². The maximum Gasteiger partial charge on any atom is 0.254 e. The Kier molecular flexibility index (Phi) is 4.74. The van der Waals surface area contributed by atoms with Crippen LogP contribution in [-0.4, -0.2) is 29.4 Å². The number of nitrogens with zero attached hydrogens (tertiary/aromatic N) is 1. The predicted molar refractivity (Wildman–Crippen MR) is 72.0 cm³/mol. The molecule has 0 atom stereocenters. The fraction of sp³-hybridized carbons (Fsp3) is 0.462. The minimum Gasteiger partial charge on any atom is -0.353 e. The van der Waals surface area contributed by atoms with Gasteiger partial charge in [0.1, 0.15) is 0 Å². The summed E-state index contributed by atoms with van der Waals surface area (Å²) in [6.07, 6.45) is 6.17. The Morgan fingerprint density at radius 3 is 2.89 bits per heavy atom. The number of rotatable bonds is 6. The second-order valence-electron chi connectivity index (χ2n) is 4.56. The van der Waals surface area contributed by atoms with Crippen molar-refractivity contribution in [3.05, 3.63) is 29.0 Å². The van der Waals surface area contributed by atoms with Gasteiger partial charge in [-0.3, -0.25) is 14.6 Å². The van der Waals surface area contributed by atoms with Crippen LogP contribution in [0.2, 0.25) is 5.02 Å². The molecule has 1 saturated carbocycles. The first-order chi connectivity index (χ1) is 9.16. The predicted octanol–water partition coefficient (Wildman–Crippen LogP) is 1.52. The van der Waals surface area contributed by atoms with Gasteiger partial charge in [0, 0.05) is 31.4 Å². The minimum absolute atomic E-state index is 0.0520. The summed E-state index contributed by atoms with van der Waals surface area (Å²) in [6, 6.07) is 1.95. The summed E-state index contributed by atoms with van der Waals surface area (Å²) in [5, 5.41) is 5.99. The van der Waals surface area contributed by atoms with E-state index in [1.165, 1.54) is 12.4 Å². The van der Waals surface area contributed by atoms with E-state index >= 15 is 0 Å². The molecule has 0 spiro atoms. The largest absolute Gasteiger partial charge is 0.353 e. The van der Waals surface area contributed by atoms with Gasteiger partial charge in [0.2, 0.25) is 5.91 Å². The van der Waals surface area contributed by atoms with Crippen molar-refractivity contribution in [3.8, 4) is 0 Å². The molecule has 0 unspecified atom stereocenters. The van der Waals surface area contributed by atoms with Gasteiger partial charge in [-0.05, 0) is 25.3 Å². The number of carbonyl (C=O) groups excluding carboxylic acids is 2. The van der Waals surface area contributed by atoms with E-state index in [1.54, 1.807) is 6.07 Å². The molecule has 2 rings (SSSR count). The van der Waals surface area contributed by atoms with Crippen LogP contribution in [0.15, 0.2) is 18.5 Å². The average molecular weight is 282 g/mol. The van der Waals surface area contributed by atoms with E-state index < -0.39 is 0 Å². The summed E-state index contributed by atoms with van der Waals surface area (Å²) in [5.74, 6) is -0.211. The molecule has 102 valence electrons. The molecule has 0 bridgehead atoms. The standard InChI is InChI=1S/C13H16ClN3O2/c14-11-5-7-15-8-10(11)13(19)16-6-1-2-12(18)17-9-3-4-9/h5,7-9H,1-4,6H2,(H,16,19)(H,17,18). The maximum absolute atomic E-state index is 11.8. The lowest BCUT2D eigenvalue weighted by Gasteiger charge is -2.06. The Morgan fingerprint density at radius 2 is 2.21 bits per heavy atom. The number of halogens is 1. The SMILES string of the molecule is O=C(CCCNC(=O)c1cnccc1Cl)NC1CC1. The summed E-state index contributed by atoms with van der Waals surface area (Å²) in [7, 11) is 0. The quantitative estimate of drug-likeness (QED) is 0.777. The fourth-order valence-electron chi connectivity index (χ4n) is 1.62. The highest BCUT2D eigenvalue weighted by Crippen LogP contribution is 2.18. The summed E-state index contributed by atoms with van der Waals surface area (Å²) >= 11 is 5.88. The fourth-order valence-corrected chi connectivity index (χ4v) is 1.81. The smallest absolute Gasteiger partial charge is 0.254 e. The zero-order valence-electron chi connectivity index (χ0n) is 10.5. The summed E-state index contributed by atoms with van der Waals surface area (Å²) in [5.41, 5.74) is 0.353. The van der Waals surface area contributed by atoms with Gasteiger partial charge < -0.3 is 10.6 Å². The van der Waals surface area contributed by atoms with Crippen LogP contribution in [0.25, 0.3) is 0 Å². The second kappa shape index (κ2) is 6.52. The zero-order chi connectivity index (χ0) is 13.7. The number of carbonyl (C=O) groups is 2. The maximum atomic E-state index is 11.8. The van der Waals surface area contributed by atoms with E-state index in [0.29, 0.717) is 36.0 Å². The van der Waals surface area contributed by atoms with Crippen molar-refractivity contribution in [1.82, 2.24) is 15.6 Å². The van der Waals surface area contributed by atoms with Gasteiger partial charge in [0.25, 0.3) is 5.91 Å². The first-order valence-corrected chi connectivity index (χ1v) is 6.71. The third kappa shape index (κ3) is 4.52. The second-order valence-corrected chi connectivity index (χ2v) is 4.96. The third-order valence-electron chi connectivity index (χ3n) is 2.82. The molecule has 0 radical (unpaired) electrons. The summed E-state index contributed by atoms with van der Waals surface area (Å²) in [4.78, 5) is 27.0. The molecule has 1 heterocycles. The molecule has 19 heavy (non-hydrogen) atoms. The zero-order valence-corrected chi connectivity index (χ0v) is 11.2. The lowest BCUT2D eigenvalue weighted by Crippen LogP contribution is -2.28. The van der Waals surface area contributed by atoms with E-state index in [2.05, 4.69) is 15.6 Å². The molecule has 1 aromatic rings. The van der Waals surface area contributed by atoms with Crippen molar-refractivity contribution in [2.24, 2.45) is 0 Å². The summed E-state index contributed by atoms with van der Waals surface area (Å²) in [6.45, 7) is 0.447. The molecule has 2 N–H and O–H groups in total. The highest BCUT2D eigenvalue weighted by Gasteiger charge is 2.22. The molecule has 1 aliphatic rings. The van der Waals surface area contributed by atoms with Gasteiger partial charge in [-0.15, -0.1) is 0 Å². The van der Waals surface area contributed by atoms with Crippen molar-refractivity contribution < 1.29 is 9.59 Å². The van der Waals surface area contributed by atoms with Crippen LogP contribution in [0, 0.1) is 0 Å². The van der Waals surface area contributed by atoms with E-state index in [-0.39, 0.29) is 11.8 Å². The van der Waals surface area contributed by atoms with Gasteiger partial charge in [-0.1, -0.05) is 11.6 Å². The Hall–Kier alpha value is -1.62. The van der Waals surface area contributed by atoms with Crippen LogP contribution in [0.1, 0.15) is 36.0 Å². The van der Waals surface area contributed by atoms with E-state index in [1.807, 2.05) is 0 Å². The first kappa shape index (κ1) is 13.8. The highest BCUT2D eigenvalue weighted by molar-refractivity contribution is 6.33. The Balaban J connectivity index is 1.66. The molecule has 1 aromatic heterocycles. The van der Waals surface area contributed by atoms with Crippen molar-refractivity contribution in [3.63, 3.8) is 0 Å². The van der Waals surface area contributed by atoms with Gasteiger partial charge in [0.15, 0.2) is 0 Å². The first-order valence-electron chi connectivity index (χ1n) is 6.34. The van der Waals surface area contributed by atoms with E-state index in [9.17, 15) is 9.59 Å². The van der Waals surface area contributed by atoms with Crippen LogP contribution in [0.4, 0.5) is 0 Å². The van der Waals surface area contributed by atoms with Crippen LogP contribution in [0.5, 0.6) is 0 Å². The highest BCUT2D eigenvalue weighted by atomic mass is 35.5. The minimum atomic E-state index is -0.263. The molecule has 1 aliphatic carbocycles. The number of amides is 2. The Morgan fingerprint density at radius 1 is 1.42 bits per heavy atom. The normalized spacial score (nSPS) is 13.9. The van der Waals surface area contributed by atoms with E-state index in [4.69, 9.17) is 11.6 Å². The van der Waals surface area contributed by atoms with Crippen molar-refractivity contribution >= 4 is 23.4 Å². The van der Waals surface area contributed by atoms with Crippen molar-refractivity contribution in [2.45, 2.75) is 31.7 Å². The molecule has 2 amide bonds. The molecule has 5 nitrogen and oxygen atoms in total. The Bertz CT molecular complexity index is 475. The van der Waals surface area contributed by atoms with Crippen LogP contribution in [0.3, 0.4) is 0 Å². The molecule has 0 saturated heterocycles. The van der Waals surface area contributed by atoms with Crippen molar-refractivity contribution in [2.75, 3.05) is 6.54 Å². The number of aromatic nitrogens is 1. The molecular weight excluding hydrogens is 266 g/mol. The number of hydrogen-bond donors (Lipinski definition) is 2. The monoisotopic (exact) mass is 281 g/mol. The van der Waals surface area contributed by atoms with Crippen LogP contribution >= 0.6 is 11.6 Å². The third-order valence-corrected chi connectivity index (χ3v) is 3.15. The summed E-state index contributed by atoms with van der Waals surface area (Å²) < 4.78 is 0. The number of nitrogens with one attached hydrogen (secondary N) is 2. The molecule has 1 fully saturated rings.